The molecule has 0 bridgehead atoms. The molecule has 104 valence electrons. The highest BCUT2D eigenvalue weighted by Crippen LogP contribution is 2.27. The first-order chi connectivity index (χ1) is 9.17. The van der Waals surface area contributed by atoms with Crippen LogP contribution in [0.25, 0.3) is 0 Å². The van der Waals surface area contributed by atoms with Gasteiger partial charge in [-0.25, -0.2) is 0 Å². The highest BCUT2D eigenvalue weighted by molar-refractivity contribution is 5.84. The predicted molar refractivity (Wildman–Crippen MR) is 75.0 cm³/mol. The average Bonchev–Trinajstić information content (AvgIpc) is 2.73. The van der Waals surface area contributed by atoms with Crippen LogP contribution in [0.15, 0.2) is 24.3 Å². The molecular formula is C15H22N2O2. The van der Waals surface area contributed by atoms with Crippen LogP contribution >= 0.6 is 0 Å². The van der Waals surface area contributed by atoms with Gasteiger partial charge in [0.15, 0.2) is 0 Å². The van der Waals surface area contributed by atoms with Gasteiger partial charge in [-0.2, -0.15) is 0 Å². The first-order valence-electron chi connectivity index (χ1n) is 6.84. The van der Waals surface area contributed by atoms with E-state index in [-0.39, 0.29) is 18.1 Å². The number of benzene rings is 1. The number of unbranched alkanes of at least 4 members (excludes halogenated alkanes) is 1. The molecule has 0 aliphatic carbocycles. The lowest BCUT2D eigenvalue weighted by molar-refractivity contribution is -0.128. The van der Waals surface area contributed by atoms with Gasteiger partial charge in [0.1, 0.15) is 11.9 Å². The third-order valence-corrected chi connectivity index (χ3v) is 3.65. The third-order valence-electron chi connectivity index (χ3n) is 3.65. The molecule has 1 aliphatic rings. The number of hydrogen-bond donors (Lipinski definition) is 1. The largest absolute Gasteiger partial charge is 0.497 e. The Morgan fingerprint density at radius 3 is 2.89 bits per heavy atom. The van der Waals surface area contributed by atoms with E-state index in [1.807, 2.05) is 31.3 Å². The van der Waals surface area contributed by atoms with E-state index in [2.05, 4.69) is 12.2 Å². The van der Waals surface area contributed by atoms with Crippen LogP contribution in [-0.2, 0) is 4.79 Å². The van der Waals surface area contributed by atoms with Crippen molar-refractivity contribution in [1.82, 2.24) is 10.2 Å². The molecule has 1 aromatic carbocycles. The molecule has 2 rings (SSSR count). The molecule has 1 saturated heterocycles. The van der Waals surface area contributed by atoms with E-state index in [1.165, 1.54) is 0 Å². The van der Waals surface area contributed by atoms with Crippen molar-refractivity contribution in [1.29, 1.82) is 0 Å². The highest BCUT2D eigenvalue weighted by Gasteiger charge is 2.36. The molecule has 1 heterocycles. The summed E-state index contributed by atoms with van der Waals surface area (Å²) in [6, 6.07) is 7.80. The van der Waals surface area contributed by atoms with Gasteiger partial charge in [0.05, 0.1) is 13.2 Å². The van der Waals surface area contributed by atoms with Gasteiger partial charge in [0, 0.05) is 7.05 Å². The van der Waals surface area contributed by atoms with E-state index in [4.69, 9.17) is 4.74 Å². The molecule has 1 fully saturated rings. The summed E-state index contributed by atoms with van der Waals surface area (Å²) < 4.78 is 5.24. The van der Waals surface area contributed by atoms with E-state index in [0.717, 1.165) is 30.6 Å². The second-order valence-corrected chi connectivity index (χ2v) is 4.99. The molecule has 0 saturated carbocycles. The number of amides is 1. The fraction of sp³-hybridized carbons (Fsp3) is 0.533. The monoisotopic (exact) mass is 262 g/mol. The number of likely N-dealkylation sites (N-methyl/N-ethyl adjacent to an activating group) is 1. The van der Waals surface area contributed by atoms with Crippen LogP contribution in [0, 0.1) is 0 Å². The van der Waals surface area contributed by atoms with E-state index in [1.54, 1.807) is 12.0 Å². The smallest absolute Gasteiger partial charge is 0.241 e. The first-order valence-corrected chi connectivity index (χ1v) is 6.84. The molecule has 4 nitrogen and oxygen atoms in total. The highest BCUT2D eigenvalue weighted by atomic mass is 16.5. The van der Waals surface area contributed by atoms with Crippen molar-refractivity contribution in [3.8, 4) is 5.75 Å². The zero-order valence-corrected chi connectivity index (χ0v) is 11.8. The van der Waals surface area contributed by atoms with Crippen LogP contribution in [0.4, 0.5) is 0 Å². The standard InChI is InChI=1S/C15H22N2O2/c1-4-5-9-13-15(18)17(2)14(16-13)11-7-6-8-12(10-11)19-3/h6-8,10,13-14,16H,4-5,9H2,1-3H3. The van der Waals surface area contributed by atoms with Gasteiger partial charge in [-0.15, -0.1) is 0 Å². The lowest BCUT2D eigenvalue weighted by Crippen LogP contribution is -2.28. The minimum atomic E-state index is -0.0545. The molecule has 4 heteroatoms. The fourth-order valence-electron chi connectivity index (χ4n) is 2.49. The number of methoxy groups -OCH3 is 1. The molecule has 1 N–H and O–H groups in total. The van der Waals surface area contributed by atoms with Crippen LogP contribution in [0.2, 0.25) is 0 Å². The van der Waals surface area contributed by atoms with Crippen molar-refractivity contribution >= 4 is 5.91 Å². The summed E-state index contributed by atoms with van der Waals surface area (Å²) in [5, 5.41) is 3.41. The Kier molecular flexibility index (Phi) is 4.43. The molecule has 0 aromatic heterocycles. The molecule has 1 aromatic rings. The van der Waals surface area contributed by atoms with Gasteiger partial charge in [-0.3, -0.25) is 10.1 Å². The zero-order chi connectivity index (χ0) is 13.8. The van der Waals surface area contributed by atoms with Crippen molar-refractivity contribution < 1.29 is 9.53 Å². The Morgan fingerprint density at radius 2 is 2.21 bits per heavy atom. The van der Waals surface area contributed by atoms with Crippen molar-refractivity contribution in [3.63, 3.8) is 0 Å². The van der Waals surface area contributed by atoms with Gasteiger partial charge in [-0.05, 0) is 24.1 Å². The van der Waals surface area contributed by atoms with E-state index in [0.29, 0.717) is 0 Å². The Labute approximate surface area is 114 Å². The van der Waals surface area contributed by atoms with E-state index >= 15 is 0 Å². The van der Waals surface area contributed by atoms with Gasteiger partial charge >= 0.3 is 0 Å². The lowest BCUT2D eigenvalue weighted by atomic mass is 10.1. The number of carbonyl (C=O) groups excluding carboxylic acids is 1. The quantitative estimate of drug-likeness (QED) is 0.885. The summed E-state index contributed by atoms with van der Waals surface area (Å²) in [5.74, 6) is 0.999. The number of hydrogen-bond acceptors (Lipinski definition) is 3. The zero-order valence-electron chi connectivity index (χ0n) is 11.8. The summed E-state index contributed by atoms with van der Waals surface area (Å²) in [5.41, 5.74) is 1.06. The summed E-state index contributed by atoms with van der Waals surface area (Å²) >= 11 is 0. The molecule has 0 spiro atoms. The van der Waals surface area contributed by atoms with Crippen molar-refractivity contribution in [3.05, 3.63) is 29.8 Å². The Hall–Kier alpha value is -1.55. The van der Waals surface area contributed by atoms with Crippen molar-refractivity contribution in [2.75, 3.05) is 14.2 Å². The summed E-state index contributed by atoms with van der Waals surface area (Å²) in [6.45, 7) is 2.14. The Morgan fingerprint density at radius 1 is 1.42 bits per heavy atom. The van der Waals surface area contributed by atoms with Crippen molar-refractivity contribution in [2.45, 2.75) is 38.4 Å². The molecular weight excluding hydrogens is 240 g/mol. The molecule has 0 radical (unpaired) electrons. The average molecular weight is 262 g/mol. The second kappa shape index (κ2) is 6.06. The maximum Gasteiger partial charge on any atom is 0.241 e. The number of ether oxygens (including phenoxy) is 1. The summed E-state index contributed by atoms with van der Waals surface area (Å²) in [7, 11) is 3.51. The van der Waals surface area contributed by atoms with Gasteiger partial charge in [0.25, 0.3) is 0 Å². The Bertz CT molecular complexity index is 448. The fourth-order valence-corrected chi connectivity index (χ4v) is 2.49. The maximum absolute atomic E-state index is 12.2. The number of carbonyl (C=O) groups is 1. The Balaban J connectivity index is 2.14. The molecule has 1 aliphatic heterocycles. The molecule has 2 unspecified atom stereocenters. The third kappa shape index (κ3) is 2.89. The van der Waals surface area contributed by atoms with Crippen LogP contribution in [0.1, 0.15) is 37.9 Å². The van der Waals surface area contributed by atoms with Gasteiger partial charge < -0.3 is 9.64 Å². The topological polar surface area (TPSA) is 41.6 Å². The lowest BCUT2D eigenvalue weighted by Gasteiger charge is -2.20. The maximum atomic E-state index is 12.2. The SMILES string of the molecule is CCCCC1NC(c2cccc(OC)c2)N(C)C1=O. The normalized spacial score (nSPS) is 22.9. The minimum Gasteiger partial charge on any atom is -0.497 e. The summed E-state index contributed by atoms with van der Waals surface area (Å²) in [6.07, 6.45) is 3.03. The van der Waals surface area contributed by atoms with Crippen molar-refractivity contribution in [2.24, 2.45) is 0 Å². The number of rotatable bonds is 5. The predicted octanol–water partition coefficient (Wildman–Crippen LogP) is 2.31. The molecule has 19 heavy (non-hydrogen) atoms. The van der Waals surface area contributed by atoms with Crippen LogP contribution in [-0.4, -0.2) is 31.0 Å². The molecule has 2 atom stereocenters. The number of nitrogens with one attached hydrogen (secondary N) is 1. The van der Waals surface area contributed by atoms with E-state index < -0.39 is 0 Å². The van der Waals surface area contributed by atoms with Crippen LogP contribution in [0.5, 0.6) is 5.75 Å². The number of nitrogens with zero attached hydrogens (tertiary/aromatic N) is 1. The molecule has 1 amide bonds. The van der Waals surface area contributed by atoms with Gasteiger partial charge in [-0.1, -0.05) is 31.9 Å². The minimum absolute atomic E-state index is 0.0514. The first kappa shape index (κ1) is 13.9. The summed E-state index contributed by atoms with van der Waals surface area (Å²) in [4.78, 5) is 14.0. The van der Waals surface area contributed by atoms with E-state index in [9.17, 15) is 4.79 Å². The van der Waals surface area contributed by atoms with Crippen LogP contribution in [0.3, 0.4) is 0 Å². The second-order valence-electron chi connectivity index (χ2n) is 4.99. The van der Waals surface area contributed by atoms with Gasteiger partial charge in [0.2, 0.25) is 5.91 Å². The van der Waals surface area contributed by atoms with Crippen LogP contribution < -0.4 is 10.1 Å².